The first kappa shape index (κ1) is 15.4. The fraction of sp³-hybridized carbons (Fsp3) is 0.667. The predicted octanol–water partition coefficient (Wildman–Crippen LogP) is 0.261. The molecule has 1 fully saturated rings. The van der Waals surface area contributed by atoms with Crippen molar-refractivity contribution in [1.82, 2.24) is 19.7 Å². The Morgan fingerprint density at radius 1 is 1.20 bits per heavy atom. The normalized spacial score (nSPS) is 19.4. The topological polar surface area (TPSA) is 48.6 Å². The molecule has 0 aromatic carbocycles. The van der Waals surface area contributed by atoms with Gasteiger partial charge in [-0.05, 0) is 31.8 Å². The van der Waals surface area contributed by atoms with Crippen LogP contribution in [0.25, 0.3) is 0 Å². The van der Waals surface area contributed by atoms with E-state index in [0.717, 1.165) is 39.3 Å². The molecule has 112 valence electrons. The van der Waals surface area contributed by atoms with Crippen LogP contribution in [0, 0.1) is 0 Å². The lowest BCUT2D eigenvalue weighted by Crippen LogP contribution is -2.50. The van der Waals surface area contributed by atoms with Crippen molar-refractivity contribution in [3.8, 4) is 0 Å². The van der Waals surface area contributed by atoms with Crippen molar-refractivity contribution in [2.45, 2.75) is 6.04 Å². The first-order chi connectivity index (χ1) is 9.70. The summed E-state index contributed by atoms with van der Waals surface area (Å²) in [6.07, 6.45) is 3.71. The molecule has 0 amide bonds. The van der Waals surface area contributed by atoms with E-state index in [-0.39, 0.29) is 0 Å². The van der Waals surface area contributed by atoms with Crippen molar-refractivity contribution in [2.24, 2.45) is 5.73 Å². The molecule has 0 saturated carbocycles. The third kappa shape index (κ3) is 4.24. The molecule has 1 aromatic rings. The summed E-state index contributed by atoms with van der Waals surface area (Å²) in [5, 5.41) is 0. The van der Waals surface area contributed by atoms with Crippen molar-refractivity contribution in [2.75, 3.05) is 59.9 Å². The van der Waals surface area contributed by atoms with E-state index < -0.39 is 0 Å². The zero-order chi connectivity index (χ0) is 14.4. The van der Waals surface area contributed by atoms with Gasteiger partial charge in [-0.15, -0.1) is 0 Å². The summed E-state index contributed by atoms with van der Waals surface area (Å²) in [4.78, 5) is 11.4. The highest BCUT2D eigenvalue weighted by Gasteiger charge is 2.23. The Balaban J connectivity index is 1.86. The minimum Gasteiger partial charge on any atom is -0.329 e. The molecule has 1 aromatic heterocycles. The smallest absolute Gasteiger partial charge is 0.0472 e. The lowest BCUT2D eigenvalue weighted by Gasteiger charge is -2.39. The van der Waals surface area contributed by atoms with E-state index in [1.165, 1.54) is 5.56 Å². The van der Waals surface area contributed by atoms with Crippen molar-refractivity contribution in [1.29, 1.82) is 0 Å². The van der Waals surface area contributed by atoms with Gasteiger partial charge in [0.1, 0.15) is 0 Å². The van der Waals surface area contributed by atoms with Crippen LogP contribution in [-0.2, 0) is 0 Å². The number of hydrogen-bond donors (Lipinski definition) is 1. The van der Waals surface area contributed by atoms with Gasteiger partial charge in [-0.3, -0.25) is 14.8 Å². The number of likely N-dealkylation sites (N-methyl/N-ethyl adjacent to an activating group) is 1. The van der Waals surface area contributed by atoms with Crippen LogP contribution in [0.5, 0.6) is 0 Å². The average molecular weight is 277 g/mol. The van der Waals surface area contributed by atoms with Crippen LogP contribution < -0.4 is 5.73 Å². The fourth-order valence-corrected chi connectivity index (χ4v) is 2.72. The van der Waals surface area contributed by atoms with Gasteiger partial charge in [0.05, 0.1) is 0 Å². The zero-order valence-corrected chi connectivity index (χ0v) is 12.7. The van der Waals surface area contributed by atoms with Crippen LogP contribution in [0.2, 0.25) is 0 Å². The molecule has 5 heteroatoms. The molecule has 0 aliphatic carbocycles. The Bertz CT molecular complexity index is 373. The van der Waals surface area contributed by atoms with E-state index in [9.17, 15) is 0 Å². The second-order valence-corrected chi connectivity index (χ2v) is 5.71. The quantitative estimate of drug-likeness (QED) is 0.808. The summed E-state index contributed by atoms with van der Waals surface area (Å²) in [6.45, 7) is 7.41. The van der Waals surface area contributed by atoms with Gasteiger partial charge in [0.2, 0.25) is 0 Å². The Hall–Kier alpha value is -1.01. The second-order valence-electron chi connectivity index (χ2n) is 5.71. The summed E-state index contributed by atoms with van der Waals surface area (Å²) >= 11 is 0. The summed E-state index contributed by atoms with van der Waals surface area (Å²) in [6, 6.07) is 4.49. The Kier molecular flexibility index (Phi) is 5.91. The van der Waals surface area contributed by atoms with Crippen molar-refractivity contribution in [3.05, 3.63) is 30.1 Å². The summed E-state index contributed by atoms with van der Waals surface area (Å²) < 4.78 is 0. The first-order valence-electron chi connectivity index (χ1n) is 7.42. The molecule has 0 bridgehead atoms. The van der Waals surface area contributed by atoms with Crippen LogP contribution in [0.1, 0.15) is 11.6 Å². The lowest BCUT2D eigenvalue weighted by molar-refractivity contribution is 0.0940. The molecule has 1 atom stereocenters. The zero-order valence-electron chi connectivity index (χ0n) is 12.7. The number of aromatic nitrogens is 1. The summed E-state index contributed by atoms with van der Waals surface area (Å²) in [5.74, 6) is 0. The molecule has 1 aliphatic rings. The molecule has 2 heterocycles. The largest absolute Gasteiger partial charge is 0.329 e. The van der Waals surface area contributed by atoms with Gasteiger partial charge >= 0.3 is 0 Å². The molecule has 1 saturated heterocycles. The van der Waals surface area contributed by atoms with E-state index in [2.05, 4.69) is 45.9 Å². The highest BCUT2D eigenvalue weighted by atomic mass is 15.3. The number of piperazine rings is 1. The molecule has 0 spiro atoms. The van der Waals surface area contributed by atoms with Gasteiger partial charge in [-0.25, -0.2) is 0 Å². The Morgan fingerprint density at radius 2 is 1.85 bits per heavy atom. The van der Waals surface area contributed by atoms with Gasteiger partial charge in [0, 0.05) is 64.2 Å². The number of pyridine rings is 1. The Morgan fingerprint density at radius 3 is 2.40 bits per heavy atom. The maximum atomic E-state index is 5.99. The molecular formula is C15H27N5. The molecule has 5 nitrogen and oxygen atoms in total. The van der Waals surface area contributed by atoms with Crippen LogP contribution in [0.15, 0.2) is 24.5 Å². The number of rotatable bonds is 6. The minimum atomic E-state index is 0.328. The predicted molar refractivity (Wildman–Crippen MR) is 82.6 cm³/mol. The number of hydrogen-bond acceptors (Lipinski definition) is 5. The second kappa shape index (κ2) is 7.69. The van der Waals surface area contributed by atoms with Gasteiger partial charge in [0.15, 0.2) is 0 Å². The standard InChI is InChI=1S/C15H27N5/c1-18(2)7-8-19-9-11-20(12-10-19)15(13-16)14-3-5-17-6-4-14/h3-6,15H,7-13,16H2,1-2H3. The Labute approximate surface area is 122 Å². The van der Waals surface area contributed by atoms with Gasteiger partial charge in [0.25, 0.3) is 0 Å². The molecule has 20 heavy (non-hydrogen) atoms. The maximum absolute atomic E-state index is 5.99. The van der Waals surface area contributed by atoms with Crippen molar-refractivity contribution < 1.29 is 0 Å². The monoisotopic (exact) mass is 277 g/mol. The van der Waals surface area contributed by atoms with Crippen molar-refractivity contribution in [3.63, 3.8) is 0 Å². The van der Waals surface area contributed by atoms with Crippen LogP contribution in [0.4, 0.5) is 0 Å². The van der Waals surface area contributed by atoms with E-state index in [0.29, 0.717) is 12.6 Å². The first-order valence-corrected chi connectivity index (χ1v) is 7.42. The SMILES string of the molecule is CN(C)CCN1CCN(C(CN)c2ccncc2)CC1. The van der Waals surface area contributed by atoms with Crippen LogP contribution >= 0.6 is 0 Å². The van der Waals surface area contributed by atoms with E-state index >= 15 is 0 Å². The minimum absolute atomic E-state index is 0.328. The van der Waals surface area contributed by atoms with E-state index in [4.69, 9.17) is 5.73 Å². The summed E-state index contributed by atoms with van der Waals surface area (Å²) in [5.41, 5.74) is 7.27. The number of nitrogens with two attached hydrogens (primary N) is 1. The van der Waals surface area contributed by atoms with Gasteiger partial charge in [-0.2, -0.15) is 0 Å². The summed E-state index contributed by atoms with van der Waals surface area (Å²) in [7, 11) is 4.26. The highest BCUT2D eigenvalue weighted by molar-refractivity contribution is 5.15. The molecule has 2 rings (SSSR count). The van der Waals surface area contributed by atoms with Crippen LogP contribution in [-0.4, -0.2) is 79.6 Å². The molecule has 2 N–H and O–H groups in total. The number of nitrogens with zero attached hydrogens (tertiary/aromatic N) is 4. The third-order valence-electron chi connectivity index (χ3n) is 4.03. The molecule has 0 radical (unpaired) electrons. The van der Waals surface area contributed by atoms with E-state index in [1.807, 2.05) is 12.4 Å². The highest BCUT2D eigenvalue weighted by Crippen LogP contribution is 2.20. The molecular weight excluding hydrogens is 250 g/mol. The third-order valence-corrected chi connectivity index (χ3v) is 4.03. The van der Waals surface area contributed by atoms with Gasteiger partial charge in [-0.1, -0.05) is 0 Å². The fourth-order valence-electron chi connectivity index (χ4n) is 2.72. The van der Waals surface area contributed by atoms with Gasteiger partial charge < -0.3 is 10.6 Å². The van der Waals surface area contributed by atoms with E-state index in [1.54, 1.807) is 0 Å². The van der Waals surface area contributed by atoms with Crippen LogP contribution in [0.3, 0.4) is 0 Å². The molecule has 1 aliphatic heterocycles. The maximum Gasteiger partial charge on any atom is 0.0472 e. The molecule has 1 unspecified atom stereocenters. The average Bonchev–Trinajstić information content (AvgIpc) is 2.48. The lowest BCUT2D eigenvalue weighted by atomic mass is 10.1. The van der Waals surface area contributed by atoms with Crippen molar-refractivity contribution >= 4 is 0 Å².